The molecule has 0 heterocycles. The fourth-order valence-corrected chi connectivity index (χ4v) is 1.15. The van der Waals surface area contributed by atoms with E-state index in [2.05, 4.69) is 15.9 Å². The molecular weight excluding hydrogens is 248 g/mol. The van der Waals surface area contributed by atoms with Crippen LogP contribution in [-0.4, -0.2) is 23.7 Å². The zero-order chi connectivity index (χ0) is 11.0. The van der Waals surface area contributed by atoms with Crippen molar-refractivity contribution in [3.8, 4) is 0 Å². The van der Waals surface area contributed by atoms with Gasteiger partial charge in [0, 0.05) is 0 Å². The summed E-state index contributed by atoms with van der Waals surface area (Å²) in [5, 5.41) is 0.148. The average molecular weight is 263 g/mol. The molecule has 14 heavy (non-hydrogen) atoms. The molecule has 0 saturated heterocycles. The monoisotopic (exact) mass is 262 g/mol. The first-order chi connectivity index (χ1) is 6.67. The van der Waals surface area contributed by atoms with E-state index in [-0.39, 0.29) is 16.7 Å². The van der Waals surface area contributed by atoms with Crippen LogP contribution in [-0.2, 0) is 14.3 Å². The van der Waals surface area contributed by atoms with E-state index in [1.807, 2.05) is 6.92 Å². The predicted molar refractivity (Wildman–Crippen MR) is 58.4 cm³/mol. The third-order valence-corrected chi connectivity index (χ3v) is 2.17. The molecular formula is C10H15BrO3. The van der Waals surface area contributed by atoms with Crippen LogP contribution in [0.3, 0.4) is 0 Å². The van der Waals surface area contributed by atoms with Crippen LogP contribution >= 0.6 is 15.9 Å². The van der Waals surface area contributed by atoms with E-state index in [1.165, 1.54) is 6.08 Å². The Morgan fingerprint density at radius 2 is 2.07 bits per heavy atom. The molecule has 4 heteroatoms. The number of esters is 1. The minimum absolute atomic E-state index is 0.123. The number of alkyl halides is 1. The fourth-order valence-electron chi connectivity index (χ4n) is 0.852. The number of hydrogen-bond donors (Lipinski definition) is 0. The highest BCUT2D eigenvalue weighted by Gasteiger charge is 2.16. The van der Waals surface area contributed by atoms with Crippen LogP contribution in [0.2, 0.25) is 0 Å². The molecule has 0 bridgehead atoms. The summed E-state index contributed by atoms with van der Waals surface area (Å²) in [6, 6.07) is 0. The molecule has 0 aromatic carbocycles. The van der Waals surface area contributed by atoms with Gasteiger partial charge in [-0.2, -0.15) is 0 Å². The average Bonchev–Trinajstić information content (AvgIpc) is 2.19. The lowest BCUT2D eigenvalue weighted by atomic mass is 10.2. The molecule has 0 fully saturated rings. The van der Waals surface area contributed by atoms with Gasteiger partial charge in [-0.25, -0.2) is 4.79 Å². The molecule has 0 aliphatic carbocycles. The zero-order valence-corrected chi connectivity index (χ0v) is 10.1. The maximum atomic E-state index is 11.3. The van der Waals surface area contributed by atoms with Crippen molar-refractivity contribution >= 4 is 27.7 Å². The lowest BCUT2D eigenvalue weighted by Gasteiger charge is -2.04. The highest BCUT2D eigenvalue weighted by atomic mass is 79.9. The van der Waals surface area contributed by atoms with Crippen molar-refractivity contribution in [2.45, 2.75) is 26.7 Å². The van der Waals surface area contributed by atoms with Gasteiger partial charge in [0.15, 0.2) is 5.78 Å². The van der Waals surface area contributed by atoms with Crippen molar-refractivity contribution in [3.05, 3.63) is 11.6 Å². The first-order valence-electron chi connectivity index (χ1n) is 4.59. The van der Waals surface area contributed by atoms with Gasteiger partial charge in [0.1, 0.15) is 0 Å². The highest BCUT2D eigenvalue weighted by Crippen LogP contribution is 2.03. The summed E-state index contributed by atoms with van der Waals surface area (Å²) in [6.07, 6.45) is 3.27. The summed E-state index contributed by atoms with van der Waals surface area (Å²) in [5.74, 6) is -0.764. The van der Waals surface area contributed by atoms with Gasteiger partial charge in [-0.05, 0) is 13.3 Å². The number of carbonyl (C=O) groups is 2. The molecule has 0 aromatic rings. The maximum Gasteiger partial charge on any atom is 0.341 e. The van der Waals surface area contributed by atoms with Gasteiger partial charge in [0.2, 0.25) is 0 Å². The van der Waals surface area contributed by atoms with Gasteiger partial charge in [0.25, 0.3) is 0 Å². The summed E-state index contributed by atoms with van der Waals surface area (Å²) in [7, 11) is 0. The highest BCUT2D eigenvalue weighted by molar-refractivity contribution is 9.09. The number of hydrogen-bond acceptors (Lipinski definition) is 3. The second-order valence-corrected chi connectivity index (χ2v) is 3.31. The largest absolute Gasteiger partial charge is 0.462 e. The lowest BCUT2D eigenvalue weighted by Crippen LogP contribution is -2.17. The normalized spacial score (nSPS) is 11.2. The Labute approximate surface area is 92.6 Å². The molecule has 0 aromatic heterocycles. The van der Waals surface area contributed by atoms with Gasteiger partial charge in [-0.1, -0.05) is 35.4 Å². The molecule has 0 unspecified atom stereocenters. The van der Waals surface area contributed by atoms with E-state index in [0.29, 0.717) is 6.61 Å². The third-order valence-electron chi connectivity index (χ3n) is 1.66. The minimum atomic E-state index is -0.523. The fraction of sp³-hybridized carbons (Fsp3) is 0.600. The number of Topliss-reactive ketones (excluding diaryl/α,β-unsaturated/α-hetero) is 1. The van der Waals surface area contributed by atoms with Gasteiger partial charge in [-0.3, -0.25) is 4.79 Å². The van der Waals surface area contributed by atoms with Crippen molar-refractivity contribution in [1.82, 2.24) is 0 Å². The molecule has 0 saturated carbocycles. The number of ether oxygens (including phenoxy) is 1. The summed E-state index contributed by atoms with van der Waals surface area (Å²) >= 11 is 3.01. The predicted octanol–water partition coefficient (Wildman–Crippen LogP) is 2.24. The van der Waals surface area contributed by atoms with Gasteiger partial charge in [-0.15, -0.1) is 0 Å². The molecule has 0 amide bonds. The Kier molecular flexibility index (Phi) is 7.38. The third kappa shape index (κ3) is 4.56. The van der Waals surface area contributed by atoms with Gasteiger partial charge in [0.05, 0.1) is 17.5 Å². The molecule has 0 spiro atoms. The van der Waals surface area contributed by atoms with Crippen molar-refractivity contribution in [3.63, 3.8) is 0 Å². The van der Waals surface area contributed by atoms with E-state index in [4.69, 9.17) is 4.74 Å². The van der Waals surface area contributed by atoms with Crippen LogP contribution < -0.4 is 0 Å². The molecule has 0 radical (unpaired) electrons. The van der Waals surface area contributed by atoms with E-state index in [0.717, 1.165) is 12.8 Å². The number of ketones is 1. The molecule has 0 aliphatic heterocycles. The Morgan fingerprint density at radius 3 is 2.50 bits per heavy atom. The number of halogens is 1. The van der Waals surface area contributed by atoms with Crippen molar-refractivity contribution < 1.29 is 14.3 Å². The number of unbranched alkanes of at least 4 members (excludes halogenated alkanes) is 1. The Hall–Kier alpha value is -0.640. The van der Waals surface area contributed by atoms with Crippen molar-refractivity contribution in [1.29, 1.82) is 0 Å². The van der Waals surface area contributed by atoms with Crippen LogP contribution in [0.15, 0.2) is 11.6 Å². The van der Waals surface area contributed by atoms with E-state index in [1.54, 1.807) is 6.92 Å². The van der Waals surface area contributed by atoms with Gasteiger partial charge < -0.3 is 4.74 Å². The molecule has 0 N–H and O–H groups in total. The number of rotatable bonds is 6. The first-order valence-corrected chi connectivity index (χ1v) is 5.72. The smallest absolute Gasteiger partial charge is 0.341 e. The van der Waals surface area contributed by atoms with Crippen molar-refractivity contribution in [2.75, 3.05) is 11.9 Å². The first kappa shape index (κ1) is 13.4. The van der Waals surface area contributed by atoms with Crippen LogP contribution in [0.5, 0.6) is 0 Å². The Morgan fingerprint density at radius 1 is 1.43 bits per heavy atom. The summed E-state index contributed by atoms with van der Waals surface area (Å²) in [6.45, 7) is 4.03. The number of allylic oxidation sites excluding steroid dienone is 1. The molecule has 3 nitrogen and oxygen atoms in total. The van der Waals surface area contributed by atoms with E-state index >= 15 is 0 Å². The quantitative estimate of drug-likeness (QED) is 0.184. The Balaban J connectivity index is 4.14. The zero-order valence-electron chi connectivity index (χ0n) is 8.51. The van der Waals surface area contributed by atoms with Crippen LogP contribution in [0, 0.1) is 0 Å². The SMILES string of the molecule is CC=C(C(=O)CBr)C(=O)OCCCC. The van der Waals surface area contributed by atoms with Crippen LogP contribution in [0.1, 0.15) is 26.7 Å². The molecule has 80 valence electrons. The molecule has 0 rings (SSSR count). The summed E-state index contributed by atoms with van der Waals surface area (Å²) in [4.78, 5) is 22.5. The standard InChI is InChI=1S/C10H15BrO3/c1-3-5-6-14-10(13)8(4-2)9(12)7-11/h4H,3,5-7H2,1-2H3. The summed E-state index contributed by atoms with van der Waals surface area (Å²) in [5.41, 5.74) is 0.123. The number of carbonyl (C=O) groups excluding carboxylic acids is 2. The minimum Gasteiger partial charge on any atom is -0.462 e. The lowest BCUT2D eigenvalue weighted by molar-refractivity contribution is -0.140. The van der Waals surface area contributed by atoms with E-state index in [9.17, 15) is 9.59 Å². The maximum absolute atomic E-state index is 11.3. The van der Waals surface area contributed by atoms with Crippen LogP contribution in [0.4, 0.5) is 0 Å². The Bertz CT molecular complexity index is 234. The topological polar surface area (TPSA) is 43.4 Å². The second-order valence-electron chi connectivity index (χ2n) is 2.75. The second kappa shape index (κ2) is 7.74. The summed E-state index contributed by atoms with van der Waals surface area (Å²) < 4.78 is 4.91. The molecule has 0 atom stereocenters. The van der Waals surface area contributed by atoms with Crippen LogP contribution in [0.25, 0.3) is 0 Å². The van der Waals surface area contributed by atoms with Gasteiger partial charge >= 0.3 is 5.97 Å². The van der Waals surface area contributed by atoms with Crippen molar-refractivity contribution in [2.24, 2.45) is 0 Å². The van der Waals surface area contributed by atoms with E-state index < -0.39 is 5.97 Å². The molecule has 0 aliphatic rings.